The second-order valence-corrected chi connectivity index (χ2v) is 14.4. The molecule has 0 spiro atoms. The first-order valence-corrected chi connectivity index (χ1v) is 16.1. The molecule has 2 aromatic rings. The van der Waals surface area contributed by atoms with Crippen molar-refractivity contribution < 1.29 is 34.4 Å². The molecule has 4 aliphatic rings. The number of nitrogen functional groups attached to an aromatic ring is 1. The number of anilines is 1. The predicted octanol–water partition coefficient (Wildman–Crippen LogP) is 5.20. The van der Waals surface area contributed by atoms with Crippen molar-refractivity contribution in [1.29, 1.82) is 0 Å². The van der Waals surface area contributed by atoms with Crippen molar-refractivity contribution in [3.05, 3.63) is 81.9 Å². The van der Waals surface area contributed by atoms with Gasteiger partial charge in [-0.2, -0.15) is 0 Å². The van der Waals surface area contributed by atoms with E-state index in [2.05, 4.69) is 29.8 Å². The van der Waals surface area contributed by atoms with E-state index in [0.717, 1.165) is 24.0 Å². The molecule has 8 atom stereocenters. The van der Waals surface area contributed by atoms with Crippen LogP contribution in [0.2, 0.25) is 0 Å². The number of fused-ring (bicyclic) bond motifs is 5. The van der Waals surface area contributed by atoms with Gasteiger partial charge in [0.05, 0.1) is 6.10 Å². The van der Waals surface area contributed by atoms with Crippen LogP contribution >= 0.6 is 15.9 Å². The molecule has 4 aliphatic carbocycles. The SMILES string of the molecule is C[C@]12C[C@H](O)C3[C@@H](CCC4=CC(=O)C=C[C@@]43C)C1C[C@](O[C@@H](O)c1cc(OCc3cccc(N)c3)ccc1Br)(C(=O)CO)C2. The van der Waals surface area contributed by atoms with Crippen LogP contribution in [-0.4, -0.2) is 45.2 Å². The minimum Gasteiger partial charge on any atom is -0.489 e. The summed E-state index contributed by atoms with van der Waals surface area (Å²) in [5.41, 5.74) is 6.55. The van der Waals surface area contributed by atoms with Crippen LogP contribution in [0, 0.1) is 28.6 Å². The van der Waals surface area contributed by atoms with E-state index in [9.17, 15) is 24.9 Å². The highest BCUT2D eigenvalue weighted by atomic mass is 79.9. The molecule has 2 unspecified atom stereocenters. The van der Waals surface area contributed by atoms with Crippen LogP contribution in [0.25, 0.3) is 0 Å². The molecule has 0 amide bonds. The van der Waals surface area contributed by atoms with Crippen molar-refractivity contribution in [2.45, 2.75) is 70.6 Å². The molecule has 0 bridgehead atoms. The average Bonchev–Trinajstić information content (AvgIpc) is 3.28. The van der Waals surface area contributed by atoms with Crippen molar-refractivity contribution in [2.75, 3.05) is 12.3 Å². The number of halogens is 1. The first-order chi connectivity index (χ1) is 20.9. The summed E-state index contributed by atoms with van der Waals surface area (Å²) in [7, 11) is 0. The Morgan fingerprint density at radius 2 is 1.98 bits per heavy atom. The molecule has 3 saturated carbocycles. The van der Waals surface area contributed by atoms with Crippen molar-refractivity contribution in [3.63, 3.8) is 0 Å². The number of ether oxygens (including phenoxy) is 2. The minimum atomic E-state index is -1.48. The lowest BCUT2D eigenvalue weighted by Crippen LogP contribution is -2.54. The summed E-state index contributed by atoms with van der Waals surface area (Å²) in [6, 6.07) is 12.6. The molecule has 5 N–H and O–H groups in total. The Kier molecular flexibility index (Phi) is 8.16. The lowest BCUT2D eigenvalue weighted by atomic mass is 9.47. The van der Waals surface area contributed by atoms with Crippen LogP contribution < -0.4 is 10.5 Å². The molecular weight excluding hydrogens is 626 g/mol. The van der Waals surface area contributed by atoms with Gasteiger partial charge in [0, 0.05) is 27.1 Å². The summed E-state index contributed by atoms with van der Waals surface area (Å²) in [6.45, 7) is 3.76. The molecule has 0 aromatic heterocycles. The van der Waals surface area contributed by atoms with Crippen molar-refractivity contribution >= 4 is 33.2 Å². The molecule has 8 nitrogen and oxygen atoms in total. The van der Waals surface area contributed by atoms with Gasteiger partial charge in [0.2, 0.25) is 0 Å². The Hall–Kier alpha value is -2.82. The minimum absolute atomic E-state index is 0.0134. The third kappa shape index (κ3) is 5.36. The van der Waals surface area contributed by atoms with E-state index < -0.39 is 41.2 Å². The average molecular weight is 667 g/mol. The predicted molar refractivity (Wildman–Crippen MR) is 168 cm³/mol. The standard InChI is InChI=1S/C35H40BrNO7/c1-33-16-29(40)31-25(8-6-21-13-23(39)10-11-34(21,31)2)27(33)15-35(19-33,30(41)17-38)44-32(42)26-14-24(7-9-28(26)36)43-18-20-4-3-5-22(37)12-20/h3-5,7,9-14,25,27,29,31-32,38,40,42H,6,8,15-19,37H2,1-2H3/t25-,27?,29-,31?,32+,33+,34-,35+/m0/s1. The number of carbonyl (C=O) groups is 2. The van der Waals surface area contributed by atoms with Crippen LogP contribution in [0.15, 0.2) is 70.7 Å². The van der Waals surface area contributed by atoms with Crippen molar-refractivity contribution in [3.8, 4) is 5.75 Å². The van der Waals surface area contributed by atoms with Crippen LogP contribution in [-0.2, 0) is 20.9 Å². The maximum atomic E-state index is 13.5. The number of benzene rings is 2. The van der Waals surface area contributed by atoms with Crippen molar-refractivity contribution in [1.82, 2.24) is 0 Å². The fourth-order valence-corrected chi connectivity index (χ4v) is 9.32. The molecule has 0 aliphatic heterocycles. The number of rotatable bonds is 8. The van der Waals surface area contributed by atoms with Gasteiger partial charge in [0.25, 0.3) is 0 Å². The summed E-state index contributed by atoms with van der Waals surface area (Å²) >= 11 is 3.51. The van der Waals surface area contributed by atoms with E-state index in [1.54, 1.807) is 36.4 Å². The van der Waals surface area contributed by atoms with E-state index >= 15 is 0 Å². The summed E-state index contributed by atoms with van der Waals surface area (Å²) in [4.78, 5) is 25.7. The lowest BCUT2D eigenvalue weighted by molar-refractivity contribution is -0.198. The first kappa shape index (κ1) is 31.2. The first-order valence-electron chi connectivity index (χ1n) is 15.3. The van der Waals surface area contributed by atoms with Crippen LogP contribution in [0.3, 0.4) is 0 Å². The van der Waals surface area contributed by atoms with E-state index in [-0.39, 0.29) is 36.6 Å². The number of carbonyl (C=O) groups excluding carboxylic acids is 2. The van der Waals surface area contributed by atoms with Crippen LogP contribution in [0.4, 0.5) is 5.69 Å². The highest BCUT2D eigenvalue weighted by Crippen LogP contribution is 2.67. The third-order valence-corrected chi connectivity index (χ3v) is 11.5. The van der Waals surface area contributed by atoms with Gasteiger partial charge in [0.15, 0.2) is 17.9 Å². The fourth-order valence-electron chi connectivity index (χ4n) is 8.88. The van der Waals surface area contributed by atoms with Crippen LogP contribution in [0.1, 0.15) is 63.4 Å². The van der Waals surface area contributed by atoms with E-state index in [4.69, 9.17) is 15.2 Å². The number of allylic oxidation sites excluding steroid dienone is 4. The Bertz CT molecular complexity index is 1540. The monoisotopic (exact) mass is 665 g/mol. The smallest absolute Gasteiger partial charge is 0.190 e. The van der Waals surface area contributed by atoms with Gasteiger partial charge in [-0.1, -0.05) is 53.6 Å². The highest BCUT2D eigenvalue weighted by molar-refractivity contribution is 9.10. The number of Topliss-reactive ketones (excluding diaryl/α,β-unsaturated/α-hetero) is 1. The zero-order valence-corrected chi connectivity index (χ0v) is 26.6. The third-order valence-electron chi connectivity index (χ3n) is 10.8. The maximum Gasteiger partial charge on any atom is 0.190 e. The summed E-state index contributed by atoms with van der Waals surface area (Å²) in [5.74, 6) is -0.0146. The number of aliphatic hydroxyl groups is 3. The fraction of sp³-hybridized carbons (Fsp3) is 0.486. The number of ketones is 2. The van der Waals surface area contributed by atoms with Crippen molar-refractivity contribution in [2.24, 2.45) is 28.6 Å². The van der Waals surface area contributed by atoms with Gasteiger partial charge < -0.3 is 30.5 Å². The lowest BCUT2D eigenvalue weighted by Gasteiger charge is -2.57. The zero-order chi connectivity index (χ0) is 31.4. The van der Waals surface area contributed by atoms with E-state index in [1.807, 2.05) is 24.3 Å². The van der Waals surface area contributed by atoms with Crippen LogP contribution in [0.5, 0.6) is 5.75 Å². The number of hydrogen-bond donors (Lipinski definition) is 4. The normalized spacial score (nSPS) is 34.9. The molecule has 3 fully saturated rings. The molecule has 234 valence electrons. The maximum absolute atomic E-state index is 13.5. The zero-order valence-electron chi connectivity index (χ0n) is 25.0. The van der Waals surface area contributed by atoms with E-state index in [0.29, 0.717) is 34.3 Å². The number of hydrogen-bond acceptors (Lipinski definition) is 8. The molecule has 6 rings (SSSR count). The summed E-state index contributed by atoms with van der Waals surface area (Å²) in [5, 5.41) is 33.2. The summed E-state index contributed by atoms with van der Waals surface area (Å²) < 4.78 is 12.9. The van der Waals surface area contributed by atoms with Gasteiger partial charge in [0.1, 0.15) is 24.6 Å². The topological polar surface area (TPSA) is 139 Å². The molecular formula is C35H40BrNO7. The van der Waals surface area contributed by atoms with Gasteiger partial charge in [-0.25, -0.2) is 0 Å². The second kappa shape index (κ2) is 11.5. The van der Waals surface area contributed by atoms with E-state index in [1.165, 1.54) is 0 Å². The van der Waals surface area contributed by atoms with Gasteiger partial charge in [-0.15, -0.1) is 0 Å². The molecule has 0 heterocycles. The molecule has 0 saturated heterocycles. The Labute approximate surface area is 266 Å². The Balaban J connectivity index is 1.26. The second-order valence-electron chi connectivity index (χ2n) is 13.6. The molecule has 44 heavy (non-hydrogen) atoms. The van der Waals surface area contributed by atoms with Gasteiger partial charge in [-0.3, -0.25) is 9.59 Å². The number of nitrogens with two attached hydrogens (primary N) is 1. The molecule has 9 heteroatoms. The Morgan fingerprint density at radius 3 is 2.73 bits per heavy atom. The Morgan fingerprint density at radius 1 is 1.18 bits per heavy atom. The molecule has 2 aromatic carbocycles. The largest absolute Gasteiger partial charge is 0.489 e. The quantitative estimate of drug-likeness (QED) is 0.223. The summed E-state index contributed by atoms with van der Waals surface area (Å²) in [6.07, 6.45) is 5.75. The van der Waals surface area contributed by atoms with Gasteiger partial charge in [-0.05, 0) is 97.4 Å². The number of aliphatic hydroxyl groups excluding tert-OH is 3. The van der Waals surface area contributed by atoms with Gasteiger partial charge >= 0.3 is 0 Å². The molecule has 0 radical (unpaired) electrons. The highest BCUT2D eigenvalue weighted by Gasteiger charge is 2.65.